The van der Waals surface area contributed by atoms with Crippen LogP contribution in [0.2, 0.25) is 0 Å². The number of methoxy groups -OCH3 is 2. The Labute approximate surface area is 531 Å². The van der Waals surface area contributed by atoms with Gasteiger partial charge in [-0.2, -0.15) is 0 Å². The molecule has 0 aliphatic carbocycles. The van der Waals surface area contributed by atoms with Crippen molar-refractivity contribution in [3.63, 3.8) is 0 Å². The highest BCUT2D eigenvalue weighted by molar-refractivity contribution is 6.14. The third kappa shape index (κ3) is 30.5. The minimum atomic E-state index is -1.33. The van der Waals surface area contributed by atoms with Crippen LogP contribution in [0.3, 0.4) is 0 Å². The summed E-state index contributed by atoms with van der Waals surface area (Å²) in [5.74, 6) is -5.05. The van der Waals surface area contributed by atoms with E-state index < -0.39 is 79.3 Å². The van der Waals surface area contributed by atoms with Gasteiger partial charge in [-0.25, -0.2) is 9.59 Å². The minimum absolute atomic E-state index is 0.0395. The van der Waals surface area contributed by atoms with Gasteiger partial charge in [-0.15, -0.1) is 0 Å². The van der Waals surface area contributed by atoms with Crippen LogP contribution in [0.4, 0.5) is 15.3 Å². The number of hydrogen-bond donors (Lipinski definition) is 9. The number of benzene rings is 2. The molecule has 0 radical (unpaired) electrons. The minimum Gasteiger partial charge on any atom is -0.445 e. The molecule has 1 fully saturated rings. The number of nitrogens with one attached hydrogen (secondary N) is 6. The van der Waals surface area contributed by atoms with E-state index >= 15 is 0 Å². The van der Waals surface area contributed by atoms with Gasteiger partial charge in [0.15, 0.2) is 0 Å². The molecule has 27 nitrogen and oxygen atoms in total. The average molecular weight is 1270 g/mol. The molecule has 2 aromatic rings. The molecule has 4 rings (SSSR count). The van der Waals surface area contributed by atoms with E-state index in [4.69, 9.17) is 25.1 Å². The number of anilines is 1. The van der Waals surface area contributed by atoms with Crippen LogP contribution in [0, 0.1) is 24.7 Å². The predicted molar refractivity (Wildman–Crippen MR) is 341 cm³/mol. The molecule has 0 bridgehead atoms. The standard InChI is InChI=1S/C37H55N7O11.C12H22N2O4.C7H8.C4H10N2O.C3H8/c1-9-23(5)34(27(10-2)54-8)43(7)32(50)18-39-35(51)26(20-45)42(6)37(53)55-21-24-11-13-25(14-12-24)40-28(46)17-38-36(52)33(22(3)4)41-29(47)19-44-30(48)15-16-31(44)49;1-9(12(17)13-5-7-15)11(18-2)10-4-3-6-14(10)8-16;1-7-5-3-2-4-6-7;1-2-3-6-4(5)7;1-3-2/h11-16,22-23,26-27,33-34,45H,9-10,17-21H2,1-8H3,(H,38,52)(H,39,51)(H,40,46)(H,41,47);8-11,15H,3-7H2,1-2H3,(H,13,17);2-6H,1H3;2-3H2,1H3,(H3,5,6,7);3H2,1-2H3. The largest absolute Gasteiger partial charge is 0.445 e. The summed E-state index contributed by atoms with van der Waals surface area (Å²) in [5, 5.41) is 33.7. The fourth-order valence-electron chi connectivity index (χ4n) is 9.03. The molecule has 506 valence electrons. The number of hydrogen-bond acceptors (Lipinski definition) is 16. The molecule has 27 heteroatoms. The number of rotatable bonds is 30. The van der Waals surface area contributed by atoms with Crippen molar-refractivity contribution in [3.8, 4) is 0 Å². The summed E-state index contributed by atoms with van der Waals surface area (Å²) in [4.78, 5) is 137. The van der Waals surface area contributed by atoms with Gasteiger partial charge < -0.3 is 71.9 Å². The van der Waals surface area contributed by atoms with Crippen molar-refractivity contribution < 1.29 is 77.2 Å². The zero-order valence-corrected chi connectivity index (χ0v) is 55.2. The van der Waals surface area contributed by atoms with Crippen molar-refractivity contribution in [1.82, 2.24) is 46.2 Å². The van der Waals surface area contributed by atoms with E-state index in [1.54, 1.807) is 76.1 Å². The average Bonchev–Trinajstić information content (AvgIpc) is 2.44. The highest BCUT2D eigenvalue weighted by Gasteiger charge is 2.38. The first-order valence-electron chi connectivity index (χ1n) is 30.5. The maximum Gasteiger partial charge on any atom is 0.410 e. The van der Waals surface area contributed by atoms with Crippen LogP contribution in [0.1, 0.15) is 112 Å². The summed E-state index contributed by atoms with van der Waals surface area (Å²) in [6, 6.07) is 13.4. The number of ether oxygens (including phenoxy) is 3. The number of carbonyl (C=O) groups is 11. The molecule has 0 aromatic heterocycles. The molecule has 0 spiro atoms. The number of imide groups is 1. The second kappa shape index (κ2) is 46.1. The SMILES string of the molecule is CCC.CCC(C)C(C(CC)OC)N(C)C(=O)CNC(=O)C(CO)N(C)C(=O)OCc1ccc(NC(=O)CNC(=O)C(NC(=O)CN2C(=O)C=CC2=O)C(C)C)cc1.CCCNC(N)=O.COC(C(C)C(=O)NCCO)C1CCCN1C=O.Cc1ccccc1. The van der Waals surface area contributed by atoms with Crippen molar-refractivity contribution >= 4 is 71.5 Å². The monoisotopic (exact) mass is 1270 g/mol. The Kier molecular flexibility index (Phi) is 42.0. The number of nitrogens with two attached hydrogens (primary N) is 1. The highest BCUT2D eigenvalue weighted by Crippen LogP contribution is 2.25. The van der Waals surface area contributed by atoms with E-state index in [0.717, 1.165) is 60.6 Å². The Hall–Kier alpha value is -8.01. The normalized spacial score (nSPS) is 15.2. The summed E-state index contributed by atoms with van der Waals surface area (Å²) in [6.07, 6.45) is 6.99. The molecule has 8 atom stereocenters. The Morgan fingerprint density at radius 2 is 1.36 bits per heavy atom. The number of aliphatic hydroxyl groups excluding tert-OH is 2. The van der Waals surface area contributed by atoms with Crippen molar-refractivity contribution in [1.29, 1.82) is 0 Å². The lowest BCUT2D eigenvalue weighted by molar-refractivity contribution is -0.141. The van der Waals surface area contributed by atoms with Crippen molar-refractivity contribution in [3.05, 3.63) is 77.9 Å². The second-order valence-corrected chi connectivity index (χ2v) is 21.7. The van der Waals surface area contributed by atoms with E-state index in [1.807, 2.05) is 45.9 Å². The maximum atomic E-state index is 13.0. The zero-order valence-electron chi connectivity index (χ0n) is 55.2. The Bertz CT molecular complexity index is 2520. The lowest BCUT2D eigenvalue weighted by Gasteiger charge is -2.37. The first-order chi connectivity index (χ1) is 42.7. The Morgan fingerprint density at radius 1 is 0.756 bits per heavy atom. The van der Waals surface area contributed by atoms with E-state index in [2.05, 4.69) is 64.8 Å². The topological polar surface area (TPSA) is 367 Å². The quantitative estimate of drug-likeness (QED) is 0.0401. The van der Waals surface area contributed by atoms with Gasteiger partial charge in [-0.3, -0.25) is 53.0 Å². The summed E-state index contributed by atoms with van der Waals surface area (Å²) in [5.41, 5.74) is 6.95. The van der Waals surface area contributed by atoms with Crippen LogP contribution >= 0.6 is 0 Å². The second-order valence-electron chi connectivity index (χ2n) is 21.7. The predicted octanol–water partition coefficient (Wildman–Crippen LogP) is 2.99. The Morgan fingerprint density at radius 3 is 1.82 bits per heavy atom. The van der Waals surface area contributed by atoms with Crippen LogP contribution < -0.4 is 37.6 Å². The molecule has 2 aliphatic rings. The van der Waals surface area contributed by atoms with Gasteiger partial charge in [0.25, 0.3) is 11.8 Å². The first kappa shape index (κ1) is 82.0. The zero-order chi connectivity index (χ0) is 68.5. The van der Waals surface area contributed by atoms with Crippen LogP contribution in [-0.2, 0) is 64.0 Å². The smallest absolute Gasteiger partial charge is 0.410 e. The lowest BCUT2D eigenvalue weighted by Crippen LogP contribution is -2.54. The fourth-order valence-corrected chi connectivity index (χ4v) is 9.03. The van der Waals surface area contributed by atoms with Gasteiger partial charge in [-0.1, -0.05) is 123 Å². The molecule has 0 saturated carbocycles. The maximum absolute atomic E-state index is 13.0. The van der Waals surface area contributed by atoms with Crippen LogP contribution in [0.25, 0.3) is 0 Å². The van der Waals surface area contributed by atoms with Gasteiger partial charge in [0, 0.05) is 65.8 Å². The lowest BCUT2D eigenvalue weighted by atomic mass is 9.91. The number of primary amides is 1. The highest BCUT2D eigenvalue weighted by atomic mass is 16.6. The number of carbonyl (C=O) groups excluding carboxylic acids is 11. The number of amides is 12. The van der Waals surface area contributed by atoms with Crippen molar-refractivity contribution in [2.75, 3.05) is 86.1 Å². The van der Waals surface area contributed by atoms with Crippen molar-refractivity contribution in [2.24, 2.45) is 23.5 Å². The van der Waals surface area contributed by atoms with Gasteiger partial charge in [0.1, 0.15) is 25.2 Å². The molecular formula is C63H103N11O16. The molecule has 2 aromatic carbocycles. The summed E-state index contributed by atoms with van der Waals surface area (Å²) in [7, 11) is 6.09. The summed E-state index contributed by atoms with van der Waals surface area (Å²) >= 11 is 0. The van der Waals surface area contributed by atoms with Gasteiger partial charge in [0.2, 0.25) is 41.9 Å². The van der Waals surface area contributed by atoms with E-state index in [9.17, 15) is 57.8 Å². The van der Waals surface area contributed by atoms with Gasteiger partial charge in [-0.05, 0) is 62.1 Å². The Balaban J connectivity index is 0.00000181. The third-order valence-corrected chi connectivity index (χ3v) is 14.2. The van der Waals surface area contributed by atoms with E-state index in [1.165, 1.54) is 19.0 Å². The number of nitrogens with zero attached hydrogens (tertiary/aromatic N) is 4. The summed E-state index contributed by atoms with van der Waals surface area (Å²) < 4.78 is 16.3. The van der Waals surface area contributed by atoms with E-state index in [-0.39, 0.29) is 80.2 Å². The van der Waals surface area contributed by atoms with Gasteiger partial charge >= 0.3 is 12.1 Å². The van der Waals surface area contributed by atoms with Gasteiger partial charge in [0.05, 0.1) is 56.5 Å². The molecule has 8 unspecified atom stereocenters. The molecule has 10 N–H and O–H groups in total. The first-order valence-corrected chi connectivity index (χ1v) is 30.5. The van der Waals surface area contributed by atoms with Crippen molar-refractivity contribution in [2.45, 2.75) is 151 Å². The van der Waals surface area contributed by atoms with E-state index in [0.29, 0.717) is 24.2 Å². The molecule has 2 aliphatic heterocycles. The summed E-state index contributed by atoms with van der Waals surface area (Å²) in [6.45, 7) is 18.8. The van der Waals surface area contributed by atoms with Crippen LogP contribution in [0.5, 0.6) is 0 Å². The number of likely N-dealkylation sites (tertiary alicyclic amines) is 1. The number of likely N-dealkylation sites (N-methyl/N-ethyl adjacent to an activating group) is 2. The third-order valence-electron chi connectivity index (χ3n) is 14.2. The molecular weight excluding hydrogens is 1170 g/mol. The fraction of sp³-hybridized carbons (Fsp3) is 0.603. The number of aryl methyl sites for hydroxylation is 1. The van der Waals surface area contributed by atoms with Crippen LogP contribution in [0.15, 0.2) is 66.7 Å². The molecule has 2 heterocycles. The molecule has 90 heavy (non-hydrogen) atoms. The molecule has 1 saturated heterocycles. The number of urea groups is 1. The van der Waals surface area contributed by atoms with Crippen LogP contribution in [-0.4, -0.2) is 213 Å². The molecule has 12 amide bonds. The number of aliphatic hydroxyl groups is 2.